The molecule has 6 nitrogen and oxygen atoms in total. The average molecular weight is 420 g/mol. The number of ether oxygens (including phenoxy) is 2. The highest BCUT2D eigenvalue weighted by Crippen LogP contribution is 2.39. The van der Waals surface area contributed by atoms with E-state index in [9.17, 15) is 13.7 Å². The Morgan fingerprint density at radius 1 is 1.03 bits per heavy atom. The van der Waals surface area contributed by atoms with Gasteiger partial charge in [0.2, 0.25) is 0 Å². The molecule has 1 aliphatic heterocycles. The van der Waals surface area contributed by atoms with E-state index >= 15 is 0 Å². The number of nitrogens with zero attached hydrogens (tertiary/aromatic N) is 2. The molecule has 0 fully saturated rings. The molecule has 0 atom stereocenters. The zero-order valence-electron chi connectivity index (χ0n) is 16.6. The number of aryl methyl sites for hydroxylation is 1. The van der Waals surface area contributed by atoms with Gasteiger partial charge in [-0.3, -0.25) is 4.31 Å². The lowest BCUT2D eigenvalue weighted by molar-refractivity contribution is 0.316. The van der Waals surface area contributed by atoms with E-state index in [-0.39, 0.29) is 18.0 Å². The first-order chi connectivity index (χ1) is 14.4. The summed E-state index contributed by atoms with van der Waals surface area (Å²) in [6, 6.07) is 19.6. The topological polar surface area (TPSA) is 79.6 Å². The predicted molar refractivity (Wildman–Crippen MR) is 114 cm³/mol. The second-order valence-electron chi connectivity index (χ2n) is 6.95. The lowest BCUT2D eigenvalue weighted by Gasteiger charge is -2.31. The SMILES string of the molecule is COc1cc(-c2ccc3c(c2)N(S(=O)(=O)c2ccc(C)cc2)CCO3)ccc1C#N. The summed E-state index contributed by atoms with van der Waals surface area (Å²) in [5.41, 5.74) is 3.53. The number of benzene rings is 3. The van der Waals surface area contributed by atoms with Crippen LogP contribution in [0.3, 0.4) is 0 Å². The van der Waals surface area contributed by atoms with Crippen molar-refractivity contribution in [2.75, 3.05) is 24.6 Å². The number of rotatable bonds is 4. The molecule has 0 saturated heterocycles. The van der Waals surface area contributed by atoms with Gasteiger partial charge in [-0.05, 0) is 54.4 Å². The number of nitriles is 1. The van der Waals surface area contributed by atoms with Crippen LogP contribution in [0.15, 0.2) is 65.6 Å². The number of anilines is 1. The Labute approximate surface area is 176 Å². The maximum Gasteiger partial charge on any atom is 0.264 e. The third-order valence-corrected chi connectivity index (χ3v) is 6.87. The number of hydrogen-bond donors (Lipinski definition) is 0. The van der Waals surface area contributed by atoms with Gasteiger partial charge >= 0.3 is 0 Å². The van der Waals surface area contributed by atoms with E-state index in [0.717, 1.165) is 16.7 Å². The fraction of sp³-hybridized carbons (Fsp3) is 0.174. The Bertz CT molecular complexity index is 1250. The molecule has 0 aliphatic carbocycles. The average Bonchev–Trinajstić information content (AvgIpc) is 2.78. The van der Waals surface area contributed by atoms with E-state index < -0.39 is 10.0 Å². The molecule has 0 saturated carbocycles. The second-order valence-corrected chi connectivity index (χ2v) is 8.81. The molecule has 1 heterocycles. The van der Waals surface area contributed by atoms with E-state index in [1.54, 1.807) is 48.5 Å². The van der Waals surface area contributed by atoms with Gasteiger partial charge in [0.15, 0.2) is 0 Å². The molecule has 0 N–H and O–H groups in total. The van der Waals surface area contributed by atoms with Gasteiger partial charge in [-0.25, -0.2) is 8.42 Å². The highest BCUT2D eigenvalue weighted by Gasteiger charge is 2.30. The maximum atomic E-state index is 13.3. The second kappa shape index (κ2) is 7.73. The molecule has 0 aromatic heterocycles. The molecular formula is C23H20N2O4S. The third-order valence-electron chi connectivity index (χ3n) is 5.04. The van der Waals surface area contributed by atoms with Crippen molar-refractivity contribution in [3.8, 4) is 28.7 Å². The number of hydrogen-bond acceptors (Lipinski definition) is 5. The van der Waals surface area contributed by atoms with Gasteiger partial charge in [0, 0.05) is 0 Å². The van der Waals surface area contributed by atoms with E-state index in [1.165, 1.54) is 11.4 Å². The number of methoxy groups -OCH3 is 1. The van der Waals surface area contributed by atoms with Crippen LogP contribution in [0.1, 0.15) is 11.1 Å². The van der Waals surface area contributed by atoms with Gasteiger partial charge in [0.05, 0.1) is 29.8 Å². The van der Waals surface area contributed by atoms with Crippen LogP contribution in [-0.4, -0.2) is 28.7 Å². The predicted octanol–water partition coefficient (Wildman–Crippen LogP) is 4.13. The van der Waals surface area contributed by atoms with Gasteiger partial charge < -0.3 is 9.47 Å². The van der Waals surface area contributed by atoms with Crippen molar-refractivity contribution in [3.05, 3.63) is 71.8 Å². The number of sulfonamides is 1. The molecule has 0 amide bonds. The molecule has 7 heteroatoms. The highest BCUT2D eigenvalue weighted by atomic mass is 32.2. The monoisotopic (exact) mass is 420 g/mol. The van der Waals surface area contributed by atoms with Crippen molar-refractivity contribution in [2.24, 2.45) is 0 Å². The molecule has 152 valence electrons. The number of fused-ring (bicyclic) bond motifs is 1. The zero-order chi connectivity index (χ0) is 21.3. The van der Waals surface area contributed by atoms with Crippen LogP contribution in [0.2, 0.25) is 0 Å². The largest absolute Gasteiger partial charge is 0.495 e. The molecule has 0 spiro atoms. The van der Waals surface area contributed by atoms with Crippen LogP contribution < -0.4 is 13.8 Å². The first-order valence-electron chi connectivity index (χ1n) is 9.39. The molecule has 0 radical (unpaired) electrons. The molecule has 1 aliphatic rings. The summed E-state index contributed by atoms with van der Waals surface area (Å²) in [5.74, 6) is 0.981. The summed E-state index contributed by atoms with van der Waals surface area (Å²) in [4.78, 5) is 0.242. The summed E-state index contributed by atoms with van der Waals surface area (Å²) >= 11 is 0. The smallest absolute Gasteiger partial charge is 0.264 e. The standard InChI is InChI=1S/C23H20N2O4S/c1-16-3-8-20(9-4-16)30(26,27)25-11-12-29-22-10-7-17(13-21(22)25)18-5-6-19(15-24)23(14-18)28-2/h3-10,13-14H,11-12H2,1-2H3. The van der Waals surface area contributed by atoms with Gasteiger partial charge in [-0.15, -0.1) is 0 Å². The Balaban J connectivity index is 1.79. The molecule has 0 bridgehead atoms. The summed E-state index contributed by atoms with van der Waals surface area (Å²) in [5, 5.41) is 9.20. The van der Waals surface area contributed by atoms with Crippen LogP contribution in [0.25, 0.3) is 11.1 Å². The maximum absolute atomic E-state index is 13.3. The van der Waals surface area contributed by atoms with Gasteiger partial charge in [-0.1, -0.05) is 29.8 Å². The van der Waals surface area contributed by atoms with Crippen LogP contribution in [0.5, 0.6) is 11.5 Å². The lowest BCUT2D eigenvalue weighted by Crippen LogP contribution is -2.37. The Morgan fingerprint density at radius 2 is 1.73 bits per heavy atom. The minimum absolute atomic E-state index is 0.226. The molecular weight excluding hydrogens is 400 g/mol. The first kappa shape index (κ1) is 19.8. The van der Waals surface area contributed by atoms with E-state index in [2.05, 4.69) is 6.07 Å². The molecule has 4 rings (SSSR count). The lowest BCUT2D eigenvalue weighted by atomic mass is 10.0. The Morgan fingerprint density at radius 3 is 2.43 bits per heavy atom. The summed E-state index contributed by atoms with van der Waals surface area (Å²) < 4.78 is 39.0. The van der Waals surface area contributed by atoms with Gasteiger partial charge in [0.25, 0.3) is 10.0 Å². The molecule has 30 heavy (non-hydrogen) atoms. The van der Waals surface area contributed by atoms with Gasteiger partial charge in [0.1, 0.15) is 24.2 Å². The molecule has 0 unspecified atom stereocenters. The third kappa shape index (κ3) is 3.46. The van der Waals surface area contributed by atoms with E-state index in [1.807, 2.05) is 19.1 Å². The van der Waals surface area contributed by atoms with Crippen molar-refractivity contribution in [2.45, 2.75) is 11.8 Å². The minimum atomic E-state index is -3.73. The van der Waals surface area contributed by atoms with E-state index in [4.69, 9.17) is 9.47 Å². The van der Waals surface area contributed by atoms with Gasteiger partial charge in [-0.2, -0.15) is 5.26 Å². The van der Waals surface area contributed by atoms with Crippen molar-refractivity contribution in [1.82, 2.24) is 0 Å². The minimum Gasteiger partial charge on any atom is -0.495 e. The quantitative estimate of drug-likeness (QED) is 0.634. The summed E-state index contributed by atoms with van der Waals surface area (Å²) in [7, 11) is -2.22. The van der Waals surface area contributed by atoms with Crippen LogP contribution >= 0.6 is 0 Å². The molecule has 3 aromatic rings. The fourth-order valence-electron chi connectivity index (χ4n) is 3.42. The van der Waals surface area contributed by atoms with Crippen LogP contribution in [-0.2, 0) is 10.0 Å². The fourth-order valence-corrected chi connectivity index (χ4v) is 4.87. The van der Waals surface area contributed by atoms with Crippen molar-refractivity contribution in [3.63, 3.8) is 0 Å². The van der Waals surface area contributed by atoms with Crippen molar-refractivity contribution < 1.29 is 17.9 Å². The first-order valence-corrected chi connectivity index (χ1v) is 10.8. The zero-order valence-corrected chi connectivity index (χ0v) is 17.4. The van der Waals surface area contributed by atoms with E-state index in [0.29, 0.717) is 22.7 Å². The molecule has 3 aromatic carbocycles. The Hall–Kier alpha value is -3.50. The summed E-state index contributed by atoms with van der Waals surface area (Å²) in [6.07, 6.45) is 0. The highest BCUT2D eigenvalue weighted by molar-refractivity contribution is 7.92. The Kier molecular flexibility index (Phi) is 5.10. The van der Waals surface area contributed by atoms with Crippen LogP contribution in [0.4, 0.5) is 5.69 Å². The van der Waals surface area contributed by atoms with Crippen molar-refractivity contribution >= 4 is 15.7 Å². The normalized spacial score (nSPS) is 13.2. The van der Waals surface area contributed by atoms with Crippen molar-refractivity contribution in [1.29, 1.82) is 5.26 Å². The van der Waals surface area contributed by atoms with Crippen LogP contribution in [0, 0.1) is 18.3 Å². The summed E-state index contributed by atoms with van der Waals surface area (Å²) in [6.45, 7) is 2.42.